The summed E-state index contributed by atoms with van der Waals surface area (Å²) < 4.78 is 18.6. The van der Waals surface area contributed by atoms with Crippen molar-refractivity contribution in [2.75, 3.05) is 26.8 Å². The van der Waals surface area contributed by atoms with E-state index in [1.807, 2.05) is 0 Å². The van der Waals surface area contributed by atoms with E-state index in [4.69, 9.17) is 9.84 Å². The van der Waals surface area contributed by atoms with E-state index in [1.165, 1.54) is 6.07 Å². The van der Waals surface area contributed by atoms with Gasteiger partial charge in [-0.05, 0) is 13.0 Å². The molecule has 0 fully saturated rings. The first-order chi connectivity index (χ1) is 8.56. The molecule has 0 aromatic heterocycles. The van der Waals surface area contributed by atoms with Crippen LogP contribution in [0.25, 0.3) is 0 Å². The van der Waals surface area contributed by atoms with Crippen LogP contribution in [0.15, 0.2) is 24.3 Å². The molecule has 0 saturated heterocycles. The molecule has 0 heterocycles. The predicted molar refractivity (Wildman–Crippen MR) is 65.9 cm³/mol. The first kappa shape index (κ1) is 14.6. The molecule has 0 aliphatic heterocycles. The van der Waals surface area contributed by atoms with Crippen LogP contribution < -0.4 is 0 Å². The maximum Gasteiger partial charge on any atom is 0.317 e. The molecule has 100 valence electrons. The molecule has 0 aliphatic rings. The van der Waals surface area contributed by atoms with Gasteiger partial charge in [0.15, 0.2) is 0 Å². The highest BCUT2D eigenvalue weighted by molar-refractivity contribution is 5.69. The van der Waals surface area contributed by atoms with Crippen molar-refractivity contribution >= 4 is 5.97 Å². The minimum absolute atomic E-state index is 0.140. The number of methoxy groups -OCH3 is 1. The van der Waals surface area contributed by atoms with E-state index in [2.05, 4.69) is 0 Å². The molecule has 5 heteroatoms. The van der Waals surface area contributed by atoms with Crippen LogP contribution in [0.1, 0.15) is 18.5 Å². The van der Waals surface area contributed by atoms with E-state index >= 15 is 0 Å². The Bertz CT molecular complexity index is 398. The predicted octanol–water partition coefficient (Wildman–Crippen LogP) is 1.92. The Labute approximate surface area is 106 Å². The summed E-state index contributed by atoms with van der Waals surface area (Å²) in [4.78, 5) is 12.5. The fraction of sp³-hybridized carbons (Fsp3) is 0.462. The van der Waals surface area contributed by atoms with Gasteiger partial charge >= 0.3 is 5.97 Å². The number of ether oxygens (including phenoxy) is 1. The lowest BCUT2D eigenvalue weighted by Gasteiger charge is -2.27. The lowest BCUT2D eigenvalue weighted by molar-refractivity contribution is -0.139. The molecule has 1 unspecified atom stereocenters. The second-order valence-corrected chi connectivity index (χ2v) is 4.05. The first-order valence-corrected chi connectivity index (χ1v) is 5.75. The normalized spacial score (nSPS) is 12.7. The standard InChI is InChI=1S/C13H18FNO3/c1-10(11-5-3-4-6-12(11)14)15(7-8-18-2)9-13(16)17/h3-6,10H,7-9H2,1-2H3,(H,16,17). The lowest BCUT2D eigenvalue weighted by Crippen LogP contribution is -2.35. The van der Waals surface area contributed by atoms with E-state index in [-0.39, 0.29) is 18.4 Å². The Balaban J connectivity index is 2.83. The SMILES string of the molecule is COCCN(CC(=O)O)C(C)c1ccccc1F. The van der Waals surface area contributed by atoms with E-state index in [0.29, 0.717) is 18.7 Å². The Morgan fingerprint density at radius 2 is 2.17 bits per heavy atom. The molecular weight excluding hydrogens is 237 g/mol. The van der Waals surface area contributed by atoms with Gasteiger partial charge in [0, 0.05) is 25.3 Å². The van der Waals surface area contributed by atoms with E-state index in [0.717, 1.165) is 0 Å². The Kier molecular flexibility index (Phi) is 5.74. The highest BCUT2D eigenvalue weighted by Crippen LogP contribution is 2.22. The van der Waals surface area contributed by atoms with Crippen LogP contribution in [-0.4, -0.2) is 42.8 Å². The van der Waals surface area contributed by atoms with Crippen molar-refractivity contribution in [2.24, 2.45) is 0 Å². The first-order valence-electron chi connectivity index (χ1n) is 5.75. The number of aliphatic carboxylic acids is 1. The maximum atomic E-state index is 13.7. The number of benzene rings is 1. The Morgan fingerprint density at radius 3 is 2.72 bits per heavy atom. The summed E-state index contributed by atoms with van der Waals surface area (Å²) in [5.41, 5.74) is 0.495. The van der Waals surface area contributed by atoms with Crippen molar-refractivity contribution in [3.63, 3.8) is 0 Å². The molecule has 0 amide bonds. The second-order valence-electron chi connectivity index (χ2n) is 4.05. The summed E-state index contributed by atoms with van der Waals surface area (Å²) in [6.07, 6.45) is 0. The van der Waals surface area contributed by atoms with Crippen LogP contribution in [0.2, 0.25) is 0 Å². The summed E-state index contributed by atoms with van der Waals surface area (Å²) in [5.74, 6) is -1.26. The zero-order chi connectivity index (χ0) is 13.5. The zero-order valence-corrected chi connectivity index (χ0v) is 10.6. The summed E-state index contributed by atoms with van der Waals surface area (Å²) in [6, 6.07) is 6.09. The number of carbonyl (C=O) groups is 1. The molecule has 1 N–H and O–H groups in total. The molecular formula is C13H18FNO3. The van der Waals surface area contributed by atoms with Crippen LogP contribution in [0, 0.1) is 5.82 Å². The highest BCUT2D eigenvalue weighted by Gasteiger charge is 2.20. The lowest BCUT2D eigenvalue weighted by atomic mass is 10.1. The minimum atomic E-state index is -0.936. The molecule has 1 aromatic rings. The van der Waals surface area contributed by atoms with Crippen molar-refractivity contribution in [3.05, 3.63) is 35.6 Å². The minimum Gasteiger partial charge on any atom is -0.480 e. The average molecular weight is 255 g/mol. The monoisotopic (exact) mass is 255 g/mol. The van der Waals surface area contributed by atoms with Crippen LogP contribution in [-0.2, 0) is 9.53 Å². The largest absolute Gasteiger partial charge is 0.480 e. The van der Waals surface area contributed by atoms with Gasteiger partial charge in [0.05, 0.1) is 13.2 Å². The van der Waals surface area contributed by atoms with Crippen molar-refractivity contribution in [1.29, 1.82) is 0 Å². The Morgan fingerprint density at radius 1 is 1.50 bits per heavy atom. The second kappa shape index (κ2) is 7.08. The van der Waals surface area contributed by atoms with E-state index < -0.39 is 5.97 Å². The van der Waals surface area contributed by atoms with Gasteiger partial charge in [0.2, 0.25) is 0 Å². The van der Waals surface area contributed by atoms with Gasteiger partial charge in [-0.3, -0.25) is 9.69 Å². The Hall–Kier alpha value is -1.46. The third-order valence-electron chi connectivity index (χ3n) is 2.82. The quantitative estimate of drug-likeness (QED) is 0.808. The number of hydrogen-bond donors (Lipinski definition) is 1. The number of hydrogen-bond acceptors (Lipinski definition) is 3. The van der Waals surface area contributed by atoms with Gasteiger partial charge < -0.3 is 9.84 Å². The van der Waals surface area contributed by atoms with Crippen molar-refractivity contribution in [1.82, 2.24) is 4.90 Å². The third kappa shape index (κ3) is 4.09. The molecule has 1 rings (SSSR count). The van der Waals surface area contributed by atoms with Crippen LogP contribution in [0.4, 0.5) is 4.39 Å². The van der Waals surface area contributed by atoms with Crippen molar-refractivity contribution in [2.45, 2.75) is 13.0 Å². The summed E-state index contributed by atoms with van der Waals surface area (Å²) in [6.45, 7) is 2.50. The van der Waals surface area contributed by atoms with E-state index in [9.17, 15) is 9.18 Å². The molecule has 18 heavy (non-hydrogen) atoms. The van der Waals surface area contributed by atoms with Gasteiger partial charge in [-0.1, -0.05) is 18.2 Å². The van der Waals surface area contributed by atoms with Gasteiger partial charge in [0.1, 0.15) is 5.82 Å². The molecule has 0 bridgehead atoms. The molecule has 0 spiro atoms. The summed E-state index contributed by atoms with van der Waals surface area (Å²) in [7, 11) is 1.55. The average Bonchev–Trinajstić information content (AvgIpc) is 2.34. The summed E-state index contributed by atoms with van der Waals surface area (Å²) in [5, 5.41) is 8.87. The van der Waals surface area contributed by atoms with Crippen molar-refractivity contribution < 1.29 is 19.0 Å². The number of carboxylic acids is 1. The highest BCUT2D eigenvalue weighted by atomic mass is 19.1. The molecule has 0 radical (unpaired) electrons. The fourth-order valence-electron chi connectivity index (χ4n) is 1.80. The van der Waals surface area contributed by atoms with Gasteiger partial charge in [-0.2, -0.15) is 0 Å². The smallest absolute Gasteiger partial charge is 0.317 e. The van der Waals surface area contributed by atoms with Crippen LogP contribution in [0.5, 0.6) is 0 Å². The van der Waals surface area contributed by atoms with Crippen LogP contribution in [0.3, 0.4) is 0 Å². The molecule has 4 nitrogen and oxygen atoms in total. The number of nitrogens with zero attached hydrogens (tertiary/aromatic N) is 1. The van der Waals surface area contributed by atoms with Crippen LogP contribution >= 0.6 is 0 Å². The molecule has 0 saturated carbocycles. The summed E-state index contributed by atoms with van der Waals surface area (Å²) >= 11 is 0. The number of carboxylic acid groups (broad SMARTS) is 1. The van der Waals surface area contributed by atoms with Gasteiger partial charge in [-0.15, -0.1) is 0 Å². The molecule has 0 aliphatic carbocycles. The van der Waals surface area contributed by atoms with Gasteiger partial charge in [0.25, 0.3) is 0 Å². The molecule has 1 aromatic carbocycles. The third-order valence-corrected chi connectivity index (χ3v) is 2.82. The van der Waals surface area contributed by atoms with Crippen molar-refractivity contribution in [3.8, 4) is 0 Å². The zero-order valence-electron chi connectivity index (χ0n) is 10.6. The number of rotatable bonds is 7. The van der Waals surface area contributed by atoms with Gasteiger partial charge in [-0.25, -0.2) is 4.39 Å². The molecule has 1 atom stereocenters. The number of halogens is 1. The topological polar surface area (TPSA) is 49.8 Å². The van der Waals surface area contributed by atoms with E-state index in [1.54, 1.807) is 37.1 Å². The maximum absolute atomic E-state index is 13.7. The fourth-order valence-corrected chi connectivity index (χ4v) is 1.80.